The van der Waals surface area contributed by atoms with Gasteiger partial charge < -0.3 is 10.4 Å². The first-order valence-corrected chi connectivity index (χ1v) is 8.44. The van der Waals surface area contributed by atoms with Gasteiger partial charge in [-0.2, -0.15) is 0 Å². The van der Waals surface area contributed by atoms with Crippen LogP contribution in [-0.4, -0.2) is 17.3 Å². The summed E-state index contributed by atoms with van der Waals surface area (Å²) < 4.78 is 0. The topological polar surface area (TPSA) is 32.3 Å². The number of fused-ring (bicyclic) bond motifs is 3. The molecule has 2 saturated carbocycles. The molecule has 2 aliphatic carbocycles. The Morgan fingerprint density at radius 3 is 2.67 bits per heavy atom. The van der Waals surface area contributed by atoms with E-state index in [0.29, 0.717) is 5.92 Å². The molecule has 0 spiro atoms. The van der Waals surface area contributed by atoms with Crippen molar-refractivity contribution in [2.24, 2.45) is 16.7 Å². The Morgan fingerprint density at radius 1 is 1.19 bits per heavy atom. The fraction of sp³-hybridized carbons (Fsp3) is 0.684. The van der Waals surface area contributed by atoms with Crippen molar-refractivity contribution < 1.29 is 5.11 Å². The molecule has 0 amide bonds. The van der Waals surface area contributed by atoms with Crippen molar-refractivity contribution in [3.8, 4) is 0 Å². The van der Waals surface area contributed by atoms with Crippen LogP contribution in [0.1, 0.15) is 57.2 Å². The summed E-state index contributed by atoms with van der Waals surface area (Å²) in [6.07, 6.45) is 4.69. The molecule has 0 aromatic heterocycles. The molecule has 4 unspecified atom stereocenters. The van der Waals surface area contributed by atoms with Gasteiger partial charge in [-0.25, -0.2) is 0 Å². The predicted octanol–water partition coefficient (Wildman–Crippen LogP) is 3.45. The van der Waals surface area contributed by atoms with E-state index in [2.05, 4.69) is 50.4 Å². The zero-order valence-corrected chi connectivity index (χ0v) is 13.4. The van der Waals surface area contributed by atoms with Crippen LogP contribution >= 0.6 is 0 Å². The van der Waals surface area contributed by atoms with Gasteiger partial charge in [0.25, 0.3) is 0 Å². The summed E-state index contributed by atoms with van der Waals surface area (Å²) in [5.74, 6) is 0.656. The molecule has 1 aromatic rings. The van der Waals surface area contributed by atoms with E-state index in [1.165, 1.54) is 24.0 Å². The maximum atomic E-state index is 12.0. The average Bonchev–Trinajstić information content (AvgIpc) is 2.95. The van der Waals surface area contributed by atoms with Crippen molar-refractivity contribution in [1.82, 2.24) is 5.32 Å². The molecular weight excluding hydrogens is 258 g/mol. The van der Waals surface area contributed by atoms with E-state index in [0.717, 1.165) is 19.4 Å². The number of aliphatic hydroxyl groups is 1. The van der Waals surface area contributed by atoms with E-state index < -0.39 is 5.60 Å². The zero-order valence-electron chi connectivity index (χ0n) is 13.4. The minimum Gasteiger partial charge on any atom is -0.387 e. The van der Waals surface area contributed by atoms with Crippen molar-refractivity contribution in [3.05, 3.63) is 35.4 Å². The highest BCUT2D eigenvalue weighted by Gasteiger charge is 2.71. The van der Waals surface area contributed by atoms with E-state index in [4.69, 9.17) is 0 Å². The normalized spacial score (nSPS) is 43.8. The maximum absolute atomic E-state index is 12.0. The van der Waals surface area contributed by atoms with Gasteiger partial charge in [0.05, 0.1) is 11.6 Å². The molecule has 2 fully saturated rings. The molecule has 4 atom stereocenters. The number of rotatable bonds is 1. The van der Waals surface area contributed by atoms with Gasteiger partial charge in [-0.05, 0) is 60.1 Å². The monoisotopic (exact) mass is 285 g/mol. The molecule has 114 valence electrons. The van der Waals surface area contributed by atoms with E-state index in [1.54, 1.807) is 0 Å². The lowest BCUT2D eigenvalue weighted by Crippen LogP contribution is -2.62. The van der Waals surface area contributed by atoms with Crippen LogP contribution in [0.5, 0.6) is 0 Å². The van der Waals surface area contributed by atoms with Gasteiger partial charge in [0.2, 0.25) is 0 Å². The third kappa shape index (κ3) is 1.50. The predicted molar refractivity (Wildman–Crippen MR) is 85.1 cm³/mol. The van der Waals surface area contributed by atoms with Crippen molar-refractivity contribution in [2.75, 3.05) is 6.54 Å². The van der Waals surface area contributed by atoms with Gasteiger partial charge in [0, 0.05) is 0 Å². The molecule has 2 N–H and O–H groups in total. The van der Waals surface area contributed by atoms with Gasteiger partial charge in [-0.15, -0.1) is 0 Å². The molecule has 4 rings (SSSR count). The molecule has 3 aliphatic rings. The van der Waals surface area contributed by atoms with Crippen LogP contribution in [0.4, 0.5) is 0 Å². The largest absolute Gasteiger partial charge is 0.387 e. The van der Waals surface area contributed by atoms with Crippen LogP contribution in [-0.2, 0) is 6.42 Å². The van der Waals surface area contributed by atoms with E-state index >= 15 is 0 Å². The lowest BCUT2D eigenvalue weighted by molar-refractivity contribution is -0.167. The maximum Gasteiger partial charge on any atom is 0.0947 e. The average molecular weight is 285 g/mol. The minimum absolute atomic E-state index is 0.0257. The second-order valence-electron chi connectivity index (χ2n) is 8.32. The molecule has 1 aliphatic heterocycles. The number of hydrogen-bond acceptors (Lipinski definition) is 2. The van der Waals surface area contributed by atoms with Crippen LogP contribution in [0.3, 0.4) is 0 Å². The summed E-state index contributed by atoms with van der Waals surface area (Å²) >= 11 is 0. The summed E-state index contributed by atoms with van der Waals surface area (Å²) in [5.41, 5.74) is 2.11. The summed E-state index contributed by atoms with van der Waals surface area (Å²) in [7, 11) is 0. The summed E-state index contributed by atoms with van der Waals surface area (Å²) in [6.45, 7) is 7.88. The van der Waals surface area contributed by atoms with Crippen LogP contribution in [0.25, 0.3) is 0 Å². The second kappa shape index (κ2) is 4.11. The molecule has 2 heteroatoms. The second-order valence-corrected chi connectivity index (χ2v) is 8.32. The van der Waals surface area contributed by atoms with Crippen LogP contribution in [0.15, 0.2) is 24.3 Å². The summed E-state index contributed by atoms with van der Waals surface area (Å²) in [6, 6.07) is 8.77. The van der Waals surface area contributed by atoms with E-state index in [-0.39, 0.29) is 16.9 Å². The molecule has 2 nitrogen and oxygen atoms in total. The Labute approximate surface area is 128 Å². The molecular formula is C19H27NO. The van der Waals surface area contributed by atoms with Crippen LogP contribution in [0.2, 0.25) is 0 Å². The zero-order chi connectivity index (χ0) is 14.9. The number of hydrogen-bond donors (Lipinski definition) is 2. The highest BCUT2D eigenvalue weighted by molar-refractivity contribution is 5.38. The standard InChI is InChI=1S/C19H27NO/c1-17(2)14-8-10-18(3,12-14)19(17,21)16-15-7-5-4-6-13(15)9-11-20-16/h4-7,14,16,20-21H,8-12H2,1-3H3. The van der Waals surface area contributed by atoms with Crippen molar-refractivity contribution in [2.45, 2.75) is 58.1 Å². The first kappa shape index (κ1) is 13.8. The number of nitrogens with one attached hydrogen (secondary N) is 1. The van der Waals surface area contributed by atoms with Crippen molar-refractivity contribution in [1.29, 1.82) is 0 Å². The minimum atomic E-state index is -0.653. The van der Waals surface area contributed by atoms with Gasteiger partial charge in [0.15, 0.2) is 0 Å². The van der Waals surface area contributed by atoms with Gasteiger partial charge in [-0.1, -0.05) is 45.0 Å². The highest BCUT2D eigenvalue weighted by Crippen LogP contribution is 2.71. The SMILES string of the molecule is CC12CCC(C1)C(C)(C)C2(O)C1NCCc2ccccc21. The molecule has 21 heavy (non-hydrogen) atoms. The third-order valence-electron chi connectivity index (χ3n) is 7.19. The van der Waals surface area contributed by atoms with Gasteiger partial charge in [0.1, 0.15) is 0 Å². The van der Waals surface area contributed by atoms with Crippen molar-refractivity contribution in [3.63, 3.8) is 0 Å². The van der Waals surface area contributed by atoms with Crippen molar-refractivity contribution >= 4 is 0 Å². The lowest BCUT2D eigenvalue weighted by atomic mass is 9.56. The first-order chi connectivity index (χ1) is 9.90. The molecule has 1 aromatic carbocycles. The fourth-order valence-corrected chi connectivity index (χ4v) is 5.89. The Bertz CT molecular complexity index is 574. The number of benzene rings is 1. The smallest absolute Gasteiger partial charge is 0.0947 e. The van der Waals surface area contributed by atoms with Crippen LogP contribution < -0.4 is 5.32 Å². The highest BCUT2D eigenvalue weighted by atomic mass is 16.3. The summed E-state index contributed by atoms with van der Waals surface area (Å²) in [4.78, 5) is 0. The molecule has 2 bridgehead atoms. The fourth-order valence-electron chi connectivity index (χ4n) is 5.89. The third-order valence-corrected chi connectivity index (χ3v) is 7.19. The van der Waals surface area contributed by atoms with Crippen LogP contribution in [0, 0.1) is 16.7 Å². The Kier molecular flexibility index (Phi) is 2.70. The lowest BCUT2D eigenvalue weighted by Gasteiger charge is -2.56. The molecule has 0 saturated heterocycles. The van der Waals surface area contributed by atoms with Gasteiger partial charge >= 0.3 is 0 Å². The van der Waals surface area contributed by atoms with E-state index in [9.17, 15) is 5.11 Å². The quantitative estimate of drug-likeness (QED) is 0.828. The van der Waals surface area contributed by atoms with E-state index in [1.807, 2.05) is 0 Å². The Balaban J connectivity index is 1.87. The molecule has 0 radical (unpaired) electrons. The Hall–Kier alpha value is -0.860. The summed E-state index contributed by atoms with van der Waals surface area (Å²) in [5, 5.41) is 15.7. The van der Waals surface area contributed by atoms with Gasteiger partial charge in [-0.3, -0.25) is 0 Å². The molecule has 1 heterocycles. The first-order valence-electron chi connectivity index (χ1n) is 8.44. The Morgan fingerprint density at radius 2 is 1.95 bits per heavy atom.